The highest BCUT2D eigenvalue weighted by Gasteiger charge is 2.34. The molecule has 0 radical (unpaired) electrons. The van der Waals surface area contributed by atoms with Crippen LogP contribution in [-0.4, -0.2) is 71.9 Å². The molecule has 9 heteroatoms. The molecule has 0 bridgehead atoms. The fourth-order valence-corrected chi connectivity index (χ4v) is 5.67. The highest BCUT2D eigenvalue weighted by molar-refractivity contribution is 6.31. The van der Waals surface area contributed by atoms with Crippen LogP contribution in [0.5, 0.6) is 0 Å². The van der Waals surface area contributed by atoms with Crippen LogP contribution in [0.4, 0.5) is 5.69 Å². The number of hydrogen-bond donors (Lipinski definition) is 1. The predicted octanol–water partition coefficient (Wildman–Crippen LogP) is 3.98. The van der Waals surface area contributed by atoms with Gasteiger partial charge in [-0.05, 0) is 74.4 Å². The van der Waals surface area contributed by atoms with Crippen LogP contribution in [0, 0.1) is 31.1 Å². The normalized spacial score (nSPS) is 20.2. The molecule has 1 N–H and O–H groups in total. The summed E-state index contributed by atoms with van der Waals surface area (Å²) in [6.45, 7) is 10.6. The van der Waals surface area contributed by atoms with Crippen LogP contribution in [0.25, 0.3) is 0 Å². The first-order valence-electron chi connectivity index (χ1n) is 12.8. The van der Waals surface area contributed by atoms with Crippen LogP contribution >= 0.6 is 11.6 Å². The van der Waals surface area contributed by atoms with Crippen molar-refractivity contribution in [3.63, 3.8) is 0 Å². The fourth-order valence-electron chi connectivity index (χ4n) is 5.43. The van der Waals surface area contributed by atoms with Gasteiger partial charge in [-0.3, -0.25) is 14.6 Å². The van der Waals surface area contributed by atoms with Gasteiger partial charge in [-0.15, -0.1) is 0 Å². The van der Waals surface area contributed by atoms with Gasteiger partial charge in [-0.25, -0.2) is 4.98 Å². The summed E-state index contributed by atoms with van der Waals surface area (Å²) in [5.41, 5.74) is 4.01. The van der Waals surface area contributed by atoms with Gasteiger partial charge in [0.2, 0.25) is 0 Å². The second kappa shape index (κ2) is 12.1. The van der Waals surface area contributed by atoms with Crippen LogP contribution in [-0.2, 0) is 16.1 Å². The van der Waals surface area contributed by atoms with Gasteiger partial charge in [0.15, 0.2) is 0 Å². The lowest BCUT2D eigenvalue weighted by Crippen LogP contribution is -2.57. The van der Waals surface area contributed by atoms with Crippen molar-refractivity contribution in [3.8, 4) is 6.07 Å². The van der Waals surface area contributed by atoms with Crippen molar-refractivity contribution < 1.29 is 14.3 Å². The molecule has 4 rings (SSSR count). The predicted molar refractivity (Wildman–Crippen MR) is 143 cm³/mol. The molecule has 2 saturated heterocycles. The molecular weight excluding hydrogens is 490 g/mol. The molecule has 1 aromatic carbocycles. The monoisotopic (exact) mass is 523 g/mol. The number of aldehydes is 1. The Morgan fingerprint density at radius 3 is 2.70 bits per heavy atom. The van der Waals surface area contributed by atoms with E-state index in [0.29, 0.717) is 40.0 Å². The molecule has 2 atom stereocenters. The molecule has 8 nitrogen and oxygen atoms in total. The number of aromatic nitrogens is 1. The highest BCUT2D eigenvalue weighted by Crippen LogP contribution is 2.29. The second-order valence-electron chi connectivity index (χ2n) is 10.1. The minimum atomic E-state index is -0.299. The molecule has 0 spiro atoms. The van der Waals surface area contributed by atoms with Gasteiger partial charge in [-0.1, -0.05) is 11.6 Å². The largest absolute Gasteiger partial charge is 0.381 e. The third-order valence-electron chi connectivity index (χ3n) is 7.60. The third-order valence-corrected chi connectivity index (χ3v) is 7.82. The number of ether oxygens (including phenoxy) is 1. The molecule has 0 saturated carbocycles. The van der Waals surface area contributed by atoms with Gasteiger partial charge in [-0.2, -0.15) is 5.26 Å². The molecule has 2 aliphatic rings. The lowest BCUT2D eigenvalue weighted by Gasteiger charge is -2.45. The number of nitrogens with zero attached hydrogens (tertiary/aromatic N) is 4. The lowest BCUT2D eigenvalue weighted by atomic mass is 9.90. The van der Waals surface area contributed by atoms with Crippen LogP contribution < -0.4 is 5.32 Å². The zero-order valence-electron chi connectivity index (χ0n) is 21.7. The van der Waals surface area contributed by atoms with Gasteiger partial charge in [0.25, 0.3) is 5.91 Å². The maximum Gasteiger partial charge on any atom is 0.257 e. The van der Waals surface area contributed by atoms with E-state index in [4.69, 9.17) is 21.6 Å². The summed E-state index contributed by atoms with van der Waals surface area (Å²) in [7, 11) is 0. The van der Waals surface area contributed by atoms with Crippen LogP contribution in [0.15, 0.2) is 24.4 Å². The molecule has 0 aliphatic carbocycles. The summed E-state index contributed by atoms with van der Waals surface area (Å²) >= 11 is 6.46. The Balaban J connectivity index is 1.43. The quantitative estimate of drug-likeness (QED) is 0.548. The Morgan fingerprint density at radius 1 is 1.30 bits per heavy atom. The van der Waals surface area contributed by atoms with E-state index in [1.165, 1.54) is 6.20 Å². The van der Waals surface area contributed by atoms with Crippen LogP contribution in [0.1, 0.15) is 52.5 Å². The molecule has 1 aromatic heterocycles. The zero-order chi connectivity index (χ0) is 26.5. The molecule has 1 unspecified atom stereocenters. The Kier molecular flexibility index (Phi) is 8.93. The van der Waals surface area contributed by atoms with E-state index >= 15 is 0 Å². The second-order valence-corrected chi connectivity index (χ2v) is 10.5. The fraction of sp³-hybridized carbons (Fsp3) is 0.500. The Labute approximate surface area is 223 Å². The van der Waals surface area contributed by atoms with Gasteiger partial charge in [0.05, 0.1) is 11.6 Å². The van der Waals surface area contributed by atoms with Gasteiger partial charge in [0.1, 0.15) is 18.0 Å². The van der Waals surface area contributed by atoms with Crippen molar-refractivity contribution in [2.75, 3.05) is 38.2 Å². The first kappa shape index (κ1) is 27.2. The van der Waals surface area contributed by atoms with Crippen molar-refractivity contribution in [2.24, 2.45) is 5.92 Å². The van der Waals surface area contributed by atoms with E-state index in [-0.39, 0.29) is 18.0 Å². The topological polar surface area (TPSA) is 98.6 Å². The van der Waals surface area contributed by atoms with Gasteiger partial charge < -0.3 is 14.8 Å². The lowest BCUT2D eigenvalue weighted by molar-refractivity contribution is -0.118. The van der Waals surface area contributed by atoms with Crippen molar-refractivity contribution in [2.45, 2.75) is 52.2 Å². The molecule has 37 heavy (non-hydrogen) atoms. The summed E-state index contributed by atoms with van der Waals surface area (Å²) < 4.78 is 5.49. The maximum absolute atomic E-state index is 12.9. The average Bonchev–Trinajstić information content (AvgIpc) is 2.89. The Morgan fingerprint density at radius 2 is 2.05 bits per heavy atom. The molecular formula is C28H34ClN5O3. The number of benzene rings is 1. The number of carbonyl (C=O) groups excluding carboxylic acids is 2. The number of nitrogens with one attached hydrogen (secondary N) is 1. The number of piperazine rings is 1. The molecule has 1 amide bonds. The number of aryl methyl sites for hydroxylation is 1. The number of amides is 1. The maximum atomic E-state index is 12.9. The van der Waals surface area contributed by atoms with E-state index in [0.717, 1.165) is 63.1 Å². The van der Waals surface area contributed by atoms with Crippen molar-refractivity contribution >= 4 is 29.5 Å². The Hall–Kier alpha value is -2.83. The number of rotatable bonds is 7. The number of halogens is 1. The average molecular weight is 524 g/mol. The summed E-state index contributed by atoms with van der Waals surface area (Å²) in [6, 6.07) is 7.57. The minimum Gasteiger partial charge on any atom is -0.381 e. The molecule has 2 aliphatic heterocycles. The number of anilines is 1. The minimum absolute atomic E-state index is 0.0591. The van der Waals surface area contributed by atoms with Crippen molar-refractivity contribution in [3.05, 3.63) is 57.4 Å². The standard InChI is InChI=1S/C28H34ClN5O3/c1-18-10-22(14-31-26(18)13-30)28(36)32-25-12-24(29)11-23(20(25)3)16-33-6-7-34(19(2)15-33)27(17-35)21-4-8-37-9-5-21/h10-12,14,17,19,21,27H,4-9,15-16H2,1-3H3,(H,32,36)/t19-,27?/m0/s1. The zero-order valence-corrected chi connectivity index (χ0v) is 22.4. The van der Waals surface area contributed by atoms with E-state index in [1.807, 2.05) is 19.1 Å². The summed E-state index contributed by atoms with van der Waals surface area (Å²) in [4.78, 5) is 33.7. The van der Waals surface area contributed by atoms with Gasteiger partial charge in [0, 0.05) is 62.3 Å². The number of nitriles is 1. The van der Waals surface area contributed by atoms with Gasteiger partial charge >= 0.3 is 0 Å². The van der Waals surface area contributed by atoms with E-state index in [1.54, 1.807) is 19.1 Å². The number of carbonyl (C=O) groups is 2. The van der Waals surface area contributed by atoms with Crippen molar-refractivity contribution in [1.29, 1.82) is 5.26 Å². The van der Waals surface area contributed by atoms with Crippen LogP contribution in [0.2, 0.25) is 5.02 Å². The Bertz CT molecular complexity index is 1190. The first-order chi connectivity index (χ1) is 17.8. The number of pyridine rings is 1. The van der Waals surface area contributed by atoms with E-state index in [9.17, 15) is 9.59 Å². The molecule has 2 aromatic rings. The number of hydrogen-bond acceptors (Lipinski definition) is 7. The molecule has 2 fully saturated rings. The van der Waals surface area contributed by atoms with E-state index in [2.05, 4.69) is 27.0 Å². The van der Waals surface area contributed by atoms with E-state index < -0.39 is 0 Å². The summed E-state index contributed by atoms with van der Waals surface area (Å²) in [5.74, 6) is 0.0587. The first-order valence-corrected chi connectivity index (χ1v) is 13.2. The summed E-state index contributed by atoms with van der Waals surface area (Å²) in [5, 5.41) is 12.6. The smallest absolute Gasteiger partial charge is 0.257 e. The van der Waals surface area contributed by atoms with Crippen molar-refractivity contribution in [1.82, 2.24) is 14.8 Å². The highest BCUT2D eigenvalue weighted by atomic mass is 35.5. The molecule has 196 valence electrons. The molecule has 3 heterocycles. The SMILES string of the molecule is Cc1cc(C(=O)Nc2cc(Cl)cc(CN3CCN(C(C=O)C4CCOCC4)[C@@H](C)C3)c2C)cnc1C#N. The van der Waals surface area contributed by atoms with Crippen LogP contribution in [0.3, 0.4) is 0 Å². The third kappa shape index (κ3) is 6.36. The summed E-state index contributed by atoms with van der Waals surface area (Å²) in [6.07, 6.45) is 4.41.